The van der Waals surface area contributed by atoms with Crippen molar-refractivity contribution in [2.24, 2.45) is 5.92 Å². The molecule has 0 aromatic carbocycles. The Hall–Kier alpha value is -1.91. The lowest BCUT2D eigenvalue weighted by Crippen LogP contribution is -2.35. The van der Waals surface area contributed by atoms with Crippen molar-refractivity contribution in [3.63, 3.8) is 0 Å². The zero-order valence-corrected chi connectivity index (χ0v) is 9.97. The second-order valence-electron chi connectivity index (χ2n) is 3.56. The maximum atomic E-state index is 11.7. The summed E-state index contributed by atoms with van der Waals surface area (Å²) in [5.74, 6) is -1.54. The molecule has 1 aromatic heterocycles. The molecule has 92 valence electrons. The van der Waals surface area contributed by atoms with E-state index in [9.17, 15) is 9.59 Å². The van der Waals surface area contributed by atoms with Crippen LogP contribution in [0, 0.1) is 5.92 Å². The molecule has 5 nitrogen and oxygen atoms in total. The van der Waals surface area contributed by atoms with Crippen molar-refractivity contribution in [1.29, 1.82) is 0 Å². The highest BCUT2D eigenvalue weighted by molar-refractivity contribution is 5.97. The topological polar surface area (TPSA) is 68.3 Å². The first-order chi connectivity index (χ1) is 8.19. The molecular weight excluding hydrogens is 220 g/mol. The summed E-state index contributed by atoms with van der Waals surface area (Å²) in [5.41, 5.74) is 0.938. The average molecular weight is 236 g/mol. The molecule has 17 heavy (non-hydrogen) atoms. The van der Waals surface area contributed by atoms with E-state index in [1.807, 2.05) is 0 Å². The number of methoxy groups -OCH3 is 1. The van der Waals surface area contributed by atoms with Gasteiger partial charge in [-0.15, -0.1) is 0 Å². The van der Waals surface area contributed by atoms with Crippen molar-refractivity contribution in [1.82, 2.24) is 10.3 Å². The zero-order chi connectivity index (χ0) is 12.7. The van der Waals surface area contributed by atoms with Gasteiger partial charge >= 0.3 is 5.97 Å². The van der Waals surface area contributed by atoms with Crippen LogP contribution in [0.3, 0.4) is 0 Å². The van der Waals surface area contributed by atoms with Crippen molar-refractivity contribution in [3.05, 3.63) is 30.1 Å². The number of hydrogen-bond acceptors (Lipinski definition) is 4. The number of pyridine rings is 1. The van der Waals surface area contributed by atoms with Crippen LogP contribution >= 0.6 is 0 Å². The fourth-order valence-electron chi connectivity index (χ4n) is 1.41. The van der Waals surface area contributed by atoms with Crippen LogP contribution in [0.15, 0.2) is 24.5 Å². The second-order valence-corrected chi connectivity index (χ2v) is 3.56. The highest BCUT2D eigenvalue weighted by Crippen LogP contribution is 2.05. The number of aromatic nitrogens is 1. The summed E-state index contributed by atoms with van der Waals surface area (Å²) in [7, 11) is 1.28. The van der Waals surface area contributed by atoms with Crippen LogP contribution in [0.25, 0.3) is 0 Å². The highest BCUT2D eigenvalue weighted by atomic mass is 16.5. The van der Waals surface area contributed by atoms with Crippen molar-refractivity contribution < 1.29 is 14.3 Å². The summed E-state index contributed by atoms with van der Waals surface area (Å²) in [4.78, 5) is 26.9. The molecule has 1 N–H and O–H groups in total. The lowest BCUT2D eigenvalue weighted by atomic mass is 10.1. The molecule has 0 saturated carbocycles. The second kappa shape index (κ2) is 6.62. The predicted molar refractivity (Wildman–Crippen MR) is 61.9 cm³/mol. The van der Waals surface area contributed by atoms with Gasteiger partial charge in [0.2, 0.25) is 5.91 Å². The first kappa shape index (κ1) is 13.2. The van der Waals surface area contributed by atoms with Gasteiger partial charge in [0.25, 0.3) is 0 Å². The van der Waals surface area contributed by atoms with Crippen LogP contribution in [0.4, 0.5) is 0 Å². The van der Waals surface area contributed by atoms with Crippen LogP contribution in [-0.2, 0) is 20.9 Å². The number of hydrogen-bond donors (Lipinski definition) is 1. The SMILES string of the molecule is CCC(C(=O)NCc1ccncc1)C(=O)OC. The molecule has 1 unspecified atom stereocenters. The molecule has 0 aliphatic rings. The van der Waals surface area contributed by atoms with Gasteiger partial charge in [-0.05, 0) is 24.1 Å². The van der Waals surface area contributed by atoms with Gasteiger partial charge in [0.05, 0.1) is 7.11 Å². The fraction of sp³-hybridized carbons (Fsp3) is 0.417. The Kier molecular flexibility index (Phi) is 5.13. The number of nitrogens with zero attached hydrogens (tertiary/aromatic N) is 1. The molecule has 1 aromatic rings. The molecule has 0 radical (unpaired) electrons. The normalized spacial score (nSPS) is 11.6. The van der Waals surface area contributed by atoms with Crippen molar-refractivity contribution in [3.8, 4) is 0 Å². The molecule has 0 spiro atoms. The van der Waals surface area contributed by atoms with Crippen molar-refractivity contribution in [2.45, 2.75) is 19.9 Å². The van der Waals surface area contributed by atoms with E-state index in [0.29, 0.717) is 13.0 Å². The molecular formula is C12H16N2O3. The summed E-state index contributed by atoms with van der Waals surface area (Å²) < 4.78 is 4.57. The number of nitrogens with one attached hydrogen (secondary N) is 1. The Morgan fingerprint density at radius 3 is 2.59 bits per heavy atom. The van der Waals surface area contributed by atoms with Crippen LogP contribution < -0.4 is 5.32 Å². The first-order valence-corrected chi connectivity index (χ1v) is 5.43. The van der Waals surface area contributed by atoms with E-state index in [4.69, 9.17) is 0 Å². The van der Waals surface area contributed by atoms with E-state index < -0.39 is 11.9 Å². The Morgan fingerprint density at radius 2 is 2.06 bits per heavy atom. The maximum absolute atomic E-state index is 11.7. The first-order valence-electron chi connectivity index (χ1n) is 5.43. The van der Waals surface area contributed by atoms with Gasteiger partial charge in [0.1, 0.15) is 5.92 Å². The third-order valence-electron chi connectivity index (χ3n) is 2.43. The maximum Gasteiger partial charge on any atom is 0.318 e. The molecule has 0 fully saturated rings. The van der Waals surface area contributed by atoms with Gasteiger partial charge in [-0.25, -0.2) is 0 Å². The number of rotatable bonds is 5. The monoisotopic (exact) mass is 236 g/mol. The molecule has 1 amide bonds. The third kappa shape index (κ3) is 3.86. The number of amides is 1. The van der Waals surface area contributed by atoms with Crippen LogP contribution in [0.5, 0.6) is 0 Å². The number of carbonyl (C=O) groups is 2. The van der Waals surface area contributed by atoms with Crippen molar-refractivity contribution in [2.75, 3.05) is 7.11 Å². The molecule has 0 saturated heterocycles. The van der Waals surface area contributed by atoms with Gasteiger partial charge in [-0.1, -0.05) is 6.92 Å². The van der Waals surface area contributed by atoms with E-state index in [0.717, 1.165) is 5.56 Å². The highest BCUT2D eigenvalue weighted by Gasteiger charge is 2.24. The van der Waals surface area contributed by atoms with Gasteiger partial charge in [-0.2, -0.15) is 0 Å². The molecule has 1 rings (SSSR count). The van der Waals surface area contributed by atoms with E-state index in [-0.39, 0.29) is 5.91 Å². The van der Waals surface area contributed by atoms with E-state index in [1.165, 1.54) is 7.11 Å². The molecule has 0 bridgehead atoms. The smallest absolute Gasteiger partial charge is 0.318 e. The van der Waals surface area contributed by atoms with E-state index >= 15 is 0 Å². The summed E-state index contributed by atoms with van der Waals surface area (Å²) in [6, 6.07) is 3.61. The van der Waals surface area contributed by atoms with Gasteiger partial charge in [0, 0.05) is 18.9 Å². The summed E-state index contributed by atoms with van der Waals surface area (Å²) in [5, 5.41) is 2.70. The van der Waals surface area contributed by atoms with E-state index in [1.54, 1.807) is 31.5 Å². The quantitative estimate of drug-likeness (QED) is 0.609. The molecule has 1 atom stereocenters. The van der Waals surface area contributed by atoms with Crippen LogP contribution in [0.1, 0.15) is 18.9 Å². The van der Waals surface area contributed by atoms with E-state index in [2.05, 4.69) is 15.0 Å². The van der Waals surface area contributed by atoms with Crippen LogP contribution in [0.2, 0.25) is 0 Å². The van der Waals surface area contributed by atoms with Crippen LogP contribution in [-0.4, -0.2) is 24.0 Å². The average Bonchev–Trinajstić information content (AvgIpc) is 2.38. The molecule has 1 heterocycles. The third-order valence-corrected chi connectivity index (χ3v) is 2.43. The van der Waals surface area contributed by atoms with Gasteiger partial charge in [-0.3, -0.25) is 14.6 Å². The fourth-order valence-corrected chi connectivity index (χ4v) is 1.41. The summed E-state index contributed by atoms with van der Waals surface area (Å²) >= 11 is 0. The molecule has 0 aliphatic heterocycles. The van der Waals surface area contributed by atoms with Gasteiger partial charge < -0.3 is 10.1 Å². The molecule has 5 heteroatoms. The minimum atomic E-state index is -0.734. The minimum absolute atomic E-state index is 0.309. The number of esters is 1. The number of carbonyl (C=O) groups excluding carboxylic acids is 2. The Bertz CT molecular complexity index is 379. The Morgan fingerprint density at radius 1 is 1.41 bits per heavy atom. The number of ether oxygens (including phenoxy) is 1. The minimum Gasteiger partial charge on any atom is -0.468 e. The molecule has 0 aliphatic carbocycles. The predicted octanol–water partition coefficient (Wildman–Crippen LogP) is 0.897. The zero-order valence-electron chi connectivity index (χ0n) is 9.97. The Labute approximate surface area is 100 Å². The summed E-state index contributed by atoms with van der Waals surface area (Å²) in [6.45, 7) is 2.16. The Balaban J connectivity index is 2.51. The lowest BCUT2D eigenvalue weighted by Gasteiger charge is -2.12. The lowest BCUT2D eigenvalue weighted by molar-refractivity contribution is -0.150. The summed E-state index contributed by atoms with van der Waals surface area (Å²) in [6.07, 6.45) is 3.73. The largest absolute Gasteiger partial charge is 0.468 e. The standard InChI is InChI=1S/C12H16N2O3/c1-3-10(12(16)17-2)11(15)14-8-9-4-6-13-7-5-9/h4-7,10H,3,8H2,1-2H3,(H,14,15). The van der Waals surface area contributed by atoms with Crippen molar-refractivity contribution >= 4 is 11.9 Å². The van der Waals surface area contributed by atoms with Gasteiger partial charge in [0.15, 0.2) is 0 Å².